The van der Waals surface area contributed by atoms with Gasteiger partial charge in [-0.1, -0.05) is 42.5 Å². The maximum Gasteiger partial charge on any atom is 0.143 e. The second-order valence-corrected chi connectivity index (χ2v) is 7.98. The molecule has 154 valence electrons. The van der Waals surface area contributed by atoms with E-state index in [9.17, 15) is 5.11 Å². The average Bonchev–Trinajstić information content (AvgIpc) is 3.08. The molecule has 4 rings (SSSR count). The Morgan fingerprint density at radius 3 is 2.40 bits per heavy atom. The largest absolute Gasteiger partial charge is 0.491 e. The summed E-state index contributed by atoms with van der Waals surface area (Å²) in [5, 5.41) is 11.1. The van der Waals surface area contributed by atoms with Crippen LogP contribution in [0.2, 0.25) is 0 Å². The topological polar surface area (TPSA) is 47.3 Å². The number of imidazole rings is 1. The Hall–Kier alpha value is -3.11. The minimum atomic E-state index is -0.792. The second kappa shape index (κ2) is 8.33. The van der Waals surface area contributed by atoms with Gasteiger partial charge in [0.15, 0.2) is 0 Å². The molecule has 0 aliphatic rings. The molecule has 0 spiro atoms. The summed E-state index contributed by atoms with van der Waals surface area (Å²) in [6, 6.07) is 20.1. The van der Waals surface area contributed by atoms with Crippen molar-refractivity contribution in [1.29, 1.82) is 0 Å². The van der Waals surface area contributed by atoms with Gasteiger partial charge >= 0.3 is 0 Å². The van der Waals surface area contributed by atoms with Gasteiger partial charge in [-0.2, -0.15) is 0 Å². The van der Waals surface area contributed by atoms with Crippen LogP contribution in [0.15, 0.2) is 60.7 Å². The number of aliphatic hydroxyl groups is 1. The van der Waals surface area contributed by atoms with Crippen LogP contribution in [0, 0.1) is 27.7 Å². The second-order valence-electron chi connectivity index (χ2n) is 7.98. The van der Waals surface area contributed by atoms with Gasteiger partial charge in [-0.3, -0.25) is 0 Å². The van der Waals surface area contributed by atoms with Gasteiger partial charge in [0, 0.05) is 0 Å². The number of hydrogen-bond donors (Lipinski definition) is 1. The van der Waals surface area contributed by atoms with E-state index in [4.69, 9.17) is 9.72 Å². The molecule has 3 aromatic carbocycles. The summed E-state index contributed by atoms with van der Waals surface area (Å²) in [5.41, 5.74) is 7.45. The summed E-state index contributed by atoms with van der Waals surface area (Å²) >= 11 is 0. The summed E-state index contributed by atoms with van der Waals surface area (Å²) in [6.45, 7) is 9.41. The molecule has 0 saturated heterocycles. The first-order valence-electron chi connectivity index (χ1n) is 10.3. The van der Waals surface area contributed by atoms with Gasteiger partial charge in [0.05, 0.1) is 17.6 Å². The highest BCUT2D eigenvalue weighted by Crippen LogP contribution is 2.28. The van der Waals surface area contributed by atoms with E-state index >= 15 is 0 Å². The van der Waals surface area contributed by atoms with Gasteiger partial charge in [0.1, 0.15) is 24.3 Å². The Balaban J connectivity index is 1.69. The van der Waals surface area contributed by atoms with Crippen LogP contribution in [0.1, 0.15) is 39.7 Å². The van der Waals surface area contributed by atoms with Gasteiger partial charge in [0.2, 0.25) is 0 Å². The lowest BCUT2D eigenvalue weighted by Crippen LogP contribution is -2.15. The summed E-state index contributed by atoms with van der Waals surface area (Å²) in [5.74, 6) is 1.54. The molecule has 0 bridgehead atoms. The average molecular weight is 401 g/mol. The standard InChI is InChI=1S/C26H28N2O2/c1-17-10-11-18(2)24(14-17)30-13-12-28-23-16-20(4)19(3)15-22(23)27-26(28)25(29)21-8-6-5-7-9-21/h5-11,14-16,25,29H,12-13H2,1-4H3. The van der Waals surface area contributed by atoms with Crippen molar-refractivity contribution in [3.8, 4) is 5.75 Å². The normalized spacial score (nSPS) is 12.3. The van der Waals surface area contributed by atoms with Gasteiger partial charge in [-0.15, -0.1) is 0 Å². The molecule has 4 aromatic rings. The van der Waals surface area contributed by atoms with Crippen molar-refractivity contribution >= 4 is 11.0 Å². The molecule has 4 nitrogen and oxygen atoms in total. The zero-order chi connectivity index (χ0) is 21.3. The molecule has 1 unspecified atom stereocenters. The Kier molecular flexibility index (Phi) is 5.60. The number of nitrogens with zero attached hydrogens (tertiary/aromatic N) is 2. The number of benzene rings is 3. The number of hydrogen-bond acceptors (Lipinski definition) is 3. The minimum absolute atomic E-state index is 0.497. The molecule has 1 aromatic heterocycles. The highest BCUT2D eigenvalue weighted by molar-refractivity contribution is 5.78. The Morgan fingerprint density at radius 2 is 1.63 bits per heavy atom. The third-order valence-corrected chi connectivity index (χ3v) is 5.67. The Labute approximate surface area is 177 Å². The number of rotatable bonds is 6. The number of aryl methyl sites for hydroxylation is 4. The predicted molar refractivity (Wildman–Crippen MR) is 121 cm³/mol. The molecular weight excluding hydrogens is 372 g/mol. The molecule has 30 heavy (non-hydrogen) atoms. The van der Waals surface area contributed by atoms with E-state index in [1.807, 2.05) is 30.3 Å². The highest BCUT2D eigenvalue weighted by atomic mass is 16.5. The Bertz CT molecular complexity index is 1180. The number of aromatic nitrogens is 2. The first-order valence-corrected chi connectivity index (χ1v) is 10.3. The fourth-order valence-electron chi connectivity index (χ4n) is 3.74. The molecule has 0 aliphatic heterocycles. The van der Waals surface area contributed by atoms with Crippen molar-refractivity contribution in [1.82, 2.24) is 9.55 Å². The SMILES string of the molecule is Cc1ccc(C)c(OCCn2c(C(O)c3ccccc3)nc3cc(C)c(C)cc32)c1. The van der Waals surface area contributed by atoms with Crippen LogP contribution in [0.5, 0.6) is 5.75 Å². The van der Waals surface area contributed by atoms with Gasteiger partial charge in [-0.25, -0.2) is 4.98 Å². The van der Waals surface area contributed by atoms with Crippen molar-refractivity contribution in [3.05, 3.63) is 94.3 Å². The van der Waals surface area contributed by atoms with Crippen molar-refractivity contribution in [2.75, 3.05) is 6.61 Å². The van der Waals surface area contributed by atoms with E-state index in [0.29, 0.717) is 19.0 Å². The van der Waals surface area contributed by atoms with Crippen LogP contribution in [0.3, 0.4) is 0 Å². The maximum absolute atomic E-state index is 11.1. The van der Waals surface area contributed by atoms with Crippen molar-refractivity contribution in [2.24, 2.45) is 0 Å². The summed E-state index contributed by atoms with van der Waals surface area (Å²) in [4.78, 5) is 4.81. The third-order valence-electron chi connectivity index (χ3n) is 5.67. The molecule has 0 fully saturated rings. The van der Waals surface area contributed by atoms with E-state index in [1.54, 1.807) is 0 Å². The number of aliphatic hydroxyl groups excluding tert-OH is 1. The summed E-state index contributed by atoms with van der Waals surface area (Å²) in [6.07, 6.45) is -0.792. The first kappa shape index (κ1) is 20.2. The molecular formula is C26H28N2O2. The number of fused-ring (bicyclic) bond motifs is 1. The lowest BCUT2D eigenvalue weighted by molar-refractivity contribution is 0.201. The van der Waals surface area contributed by atoms with Crippen LogP contribution in [-0.2, 0) is 6.54 Å². The van der Waals surface area contributed by atoms with Crippen molar-refractivity contribution in [3.63, 3.8) is 0 Å². The van der Waals surface area contributed by atoms with Crippen LogP contribution < -0.4 is 4.74 Å². The number of ether oxygens (including phenoxy) is 1. The van der Waals surface area contributed by atoms with E-state index in [2.05, 4.69) is 62.6 Å². The minimum Gasteiger partial charge on any atom is -0.491 e. The van der Waals surface area contributed by atoms with E-state index < -0.39 is 6.10 Å². The van der Waals surface area contributed by atoms with Crippen molar-refractivity contribution in [2.45, 2.75) is 40.3 Å². The first-order chi connectivity index (χ1) is 14.4. The summed E-state index contributed by atoms with van der Waals surface area (Å²) in [7, 11) is 0. The smallest absolute Gasteiger partial charge is 0.143 e. The lowest BCUT2D eigenvalue weighted by atomic mass is 10.1. The van der Waals surface area contributed by atoms with Crippen LogP contribution in [0.4, 0.5) is 0 Å². The fraction of sp³-hybridized carbons (Fsp3) is 0.269. The third kappa shape index (κ3) is 3.96. The fourth-order valence-corrected chi connectivity index (χ4v) is 3.74. The molecule has 4 heteroatoms. The molecule has 0 amide bonds. The van der Waals surface area contributed by atoms with E-state index in [0.717, 1.165) is 27.9 Å². The van der Waals surface area contributed by atoms with Crippen molar-refractivity contribution < 1.29 is 9.84 Å². The zero-order valence-corrected chi connectivity index (χ0v) is 18.0. The Morgan fingerprint density at radius 1 is 0.900 bits per heavy atom. The molecule has 0 aliphatic carbocycles. The van der Waals surface area contributed by atoms with E-state index in [1.165, 1.54) is 16.7 Å². The van der Waals surface area contributed by atoms with Gasteiger partial charge < -0.3 is 14.4 Å². The molecule has 1 N–H and O–H groups in total. The van der Waals surface area contributed by atoms with Crippen LogP contribution in [-0.4, -0.2) is 21.3 Å². The van der Waals surface area contributed by atoms with E-state index in [-0.39, 0.29) is 0 Å². The van der Waals surface area contributed by atoms with Gasteiger partial charge in [0.25, 0.3) is 0 Å². The predicted octanol–water partition coefficient (Wildman–Crippen LogP) is 5.43. The maximum atomic E-state index is 11.1. The van der Waals surface area contributed by atoms with Gasteiger partial charge in [-0.05, 0) is 73.7 Å². The zero-order valence-electron chi connectivity index (χ0n) is 18.0. The highest BCUT2D eigenvalue weighted by Gasteiger charge is 2.20. The van der Waals surface area contributed by atoms with Crippen LogP contribution in [0.25, 0.3) is 11.0 Å². The monoisotopic (exact) mass is 400 g/mol. The molecule has 0 saturated carbocycles. The molecule has 0 radical (unpaired) electrons. The molecule has 1 heterocycles. The molecule has 1 atom stereocenters. The quantitative estimate of drug-likeness (QED) is 0.469. The van der Waals surface area contributed by atoms with Crippen LogP contribution >= 0.6 is 0 Å². The lowest BCUT2D eigenvalue weighted by Gasteiger charge is -2.16. The summed E-state index contributed by atoms with van der Waals surface area (Å²) < 4.78 is 8.19.